The van der Waals surface area contributed by atoms with Gasteiger partial charge in [-0.3, -0.25) is 9.18 Å². The van der Waals surface area contributed by atoms with Gasteiger partial charge in [-0.25, -0.2) is 9.97 Å². The predicted octanol–water partition coefficient (Wildman–Crippen LogP) is 4.73. The maximum absolute atomic E-state index is 12.9. The van der Waals surface area contributed by atoms with Crippen molar-refractivity contribution in [2.45, 2.75) is 36.3 Å². The third-order valence-corrected chi connectivity index (χ3v) is 6.41. The van der Waals surface area contributed by atoms with Gasteiger partial charge >= 0.3 is 6.18 Å². The summed E-state index contributed by atoms with van der Waals surface area (Å²) in [5.41, 5.74) is 0.778. The Bertz CT molecular complexity index is 1140. The van der Waals surface area contributed by atoms with E-state index in [0.717, 1.165) is 35.7 Å². The van der Waals surface area contributed by atoms with E-state index in [9.17, 15) is 18.4 Å². The number of nitrogens with one attached hydrogen (secondary N) is 1. The molecule has 3 aromatic rings. The topological polar surface area (TPSA) is 77.8 Å². The Morgan fingerprint density at radius 3 is 2.68 bits per heavy atom. The molecule has 0 bridgehead atoms. The van der Waals surface area contributed by atoms with Gasteiger partial charge in [-0.2, -0.15) is 18.4 Å². The Balaban J connectivity index is 1.84. The first-order chi connectivity index (χ1) is 13.3. The minimum atomic E-state index is -4.54. The summed E-state index contributed by atoms with van der Waals surface area (Å²) in [5.74, 6) is 0.600. The van der Waals surface area contributed by atoms with E-state index in [2.05, 4.69) is 16.0 Å². The van der Waals surface area contributed by atoms with Crippen LogP contribution < -0.4 is 0 Å². The molecule has 28 heavy (non-hydrogen) atoms. The zero-order valence-corrected chi connectivity index (χ0v) is 15.7. The Kier molecular flexibility index (Phi) is 4.27. The van der Waals surface area contributed by atoms with Gasteiger partial charge in [-0.05, 0) is 24.5 Å². The number of alkyl halides is 3. The molecule has 4 rings (SSSR count). The summed E-state index contributed by atoms with van der Waals surface area (Å²) in [4.78, 5) is 8.55. The van der Waals surface area contributed by atoms with Gasteiger partial charge in [0.2, 0.25) is 0 Å². The van der Waals surface area contributed by atoms with Crippen LogP contribution in [0.2, 0.25) is 0 Å². The number of benzene rings is 1. The van der Waals surface area contributed by atoms with Gasteiger partial charge in [0, 0.05) is 28.5 Å². The number of nitriles is 1. The van der Waals surface area contributed by atoms with Gasteiger partial charge in [-0.15, -0.1) is 0 Å². The molecule has 5 nitrogen and oxygen atoms in total. The lowest BCUT2D eigenvalue weighted by molar-refractivity contribution is -0.141. The van der Waals surface area contributed by atoms with Crippen LogP contribution in [0.25, 0.3) is 16.9 Å². The third kappa shape index (κ3) is 3.07. The van der Waals surface area contributed by atoms with Crippen molar-refractivity contribution in [3.63, 3.8) is 0 Å². The summed E-state index contributed by atoms with van der Waals surface area (Å²) in [7, 11) is -0.816. The van der Waals surface area contributed by atoms with Gasteiger partial charge in [0.25, 0.3) is 0 Å². The number of nitrogens with zero attached hydrogens (tertiary/aromatic N) is 4. The molecule has 9 heteroatoms. The highest BCUT2D eigenvalue weighted by Gasteiger charge is 2.45. The highest BCUT2D eigenvalue weighted by Crippen LogP contribution is 2.48. The van der Waals surface area contributed by atoms with Crippen LogP contribution in [0.3, 0.4) is 0 Å². The molecule has 0 radical (unpaired) electrons. The Morgan fingerprint density at radius 1 is 1.32 bits per heavy atom. The predicted molar refractivity (Wildman–Crippen MR) is 98.8 cm³/mol. The van der Waals surface area contributed by atoms with Crippen LogP contribution in [0.1, 0.15) is 31.0 Å². The monoisotopic (exact) mass is 403 g/mol. The summed E-state index contributed by atoms with van der Waals surface area (Å²) in [6.45, 7) is 1.91. The molecular formula is C19H16F3N5S. The van der Waals surface area contributed by atoms with Crippen molar-refractivity contribution in [2.75, 3.05) is 5.75 Å². The molecule has 1 unspecified atom stereocenters. The molecule has 0 aliphatic heterocycles. The van der Waals surface area contributed by atoms with E-state index in [4.69, 9.17) is 4.78 Å². The average molecular weight is 403 g/mol. The highest BCUT2D eigenvalue weighted by atomic mass is 32.2. The van der Waals surface area contributed by atoms with Crippen molar-refractivity contribution >= 4 is 16.3 Å². The van der Waals surface area contributed by atoms with Gasteiger partial charge in [0.05, 0.1) is 17.2 Å². The average Bonchev–Trinajstić information content (AvgIpc) is 3.37. The summed E-state index contributed by atoms with van der Waals surface area (Å²) >= 11 is 0. The fraction of sp³-hybridized carbons (Fsp3) is 0.316. The van der Waals surface area contributed by atoms with Crippen molar-refractivity contribution in [3.8, 4) is 17.3 Å². The van der Waals surface area contributed by atoms with Crippen LogP contribution in [0.4, 0.5) is 13.2 Å². The summed E-state index contributed by atoms with van der Waals surface area (Å²) in [5, 5.41) is 9.46. The third-order valence-electron chi connectivity index (χ3n) is 4.97. The molecule has 0 spiro atoms. The Labute approximate surface area is 161 Å². The molecule has 2 aromatic heterocycles. The second kappa shape index (κ2) is 6.41. The molecule has 144 valence electrons. The molecule has 1 aliphatic carbocycles. The van der Waals surface area contributed by atoms with E-state index < -0.39 is 28.0 Å². The fourth-order valence-electron chi connectivity index (χ4n) is 3.16. The number of fused-ring (bicyclic) bond motifs is 1. The van der Waals surface area contributed by atoms with E-state index in [-0.39, 0.29) is 5.65 Å². The lowest BCUT2D eigenvalue weighted by atomic mass is 9.96. The van der Waals surface area contributed by atoms with E-state index in [1.807, 2.05) is 25.1 Å². The van der Waals surface area contributed by atoms with E-state index in [1.165, 1.54) is 4.40 Å². The van der Waals surface area contributed by atoms with Crippen molar-refractivity contribution in [2.24, 2.45) is 0 Å². The normalized spacial score (nSPS) is 16.7. The first kappa shape index (κ1) is 18.6. The minimum absolute atomic E-state index is 0.143. The molecule has 1 fully saturated rings. The second-order valence-corrected chi connectivity index (χ2v) is 8.55. The lowest BCUT2D eigenvalue weighted by Crippen LogP contribution is -2.08. The van der Waals surface area contributed by atoms with Crippen molar-refractivity contribution < 1.29 is 13.2 Å². The van der Waals surface area contributed by atoms with Crippen LogP contribution in [-0.2, 0) is 22.3 Å². The molecule has 1 aliphatic rings. The number of rotatable bonds is 4. The molecule has 2 heterocycles. The van der Waals surface area contributed by atoms with Crippen LogP contribution in [0, 0.1) is 16.1 Å². The van der Waals surface area contributed by atoms with E-state index in [1.54, 1.807) is 6.20 Å². The van der Waals surface area contributed by atoms with Crippen molar-refractivity contribution in [1.82, 2.24) is 14.4 Å². The maximum Gasteiger partial charge on any atom is 0.433 e. The molecule has 1 atom stereocenters. The lowest BCUT2D eigenvalue weighted by Gasteiger charge is -2.13. The van der Waals surface area contributed by atoms with E-state index >= 15 is 0 Å². The zero-order valence-electron chi connectivity index (χ0n) is 14.9. The molecule has 0 amide bonds. The number of halogens is 3. The van der Waals surface area contributed by atoms with Gasteiger partial charge in [-0.1, -0.05) is 29.7 Å². The first-order valence-electron chi connectivity index (χ1n) is 8.67. The molecular weight excluding hydrogens is 387 g/mol. The maximum atomic E-state index is 12.9. The SMILES string of the molecule is CCS(=N)c1cc(C2(C#N)CC2)ccc1-c1cn2cnc(C(F)(F)F)cc2n1. The highest BCUT2D eigenvalue weighted by molar-refractivity contribution is 7.86. The Hall–Kier alpha value is -2.73. The quantitative estimate of drug-likeness (QED) is 0.684. The minimum Gasteiger partial charge on any atom is -0.290 e. The van der Waals surface area contributed by atoms with Crippen LogP contribution in [-0.4, -0.2) is 20.1 Å². The number of aromatic nitrogens is 3. The number of hydrogen-bond donors (Lipinski definition) is 1. The standard InChI is InChI=1S/C19H16F3N5S/c1-2-28(24)15-7-12(18(10-23)5-6-18)3-4-13(15)14-9-27-11-25-16(19(20,21)22)8-17(27)26-14/h3-4,7-9,11,24H,2,5-6H2,1H3. The molecule has 1 aromatic carbocycles. The summed E-state index contributed by atoms with van der Waals surface area (Å²) < 4.78 is 48.6. The second-order valence-electron chi connectivity index (χ2n) is 6.75. The van der Waals surface area contributed by atoms with Gasteiger partial charge in [0.15, 0.2) is 0 Å². The van der Waals surface area contributed by atoms with Crippen molar-refractivity contribution in [3.05, 3.63) is 48.0 Å². The first-order valence-corrected chi connectivity index (χ1v) is 10.1. The summed E-state index contributed by atoms with van der Waals surface area (Å²) in [6, 6.07) is 8.86. The molecule has 0 saturated heterocycles. The van der Waals surface area contributed by atoms with Gasteiger partial charge < -0.3 is 0 Å². The van der Waals surface area contributed by atoms with E-state index in [0.29, 0.717) is 17.0 Å². The van der Waals surface area contributed by atoms with Crippen molar-refractivity contribution in [1.29, 1.82) is 10.0 Å². The van der Waals surface area contributed by atoms with Crippen LogP contribution >= 0.6 is 0 Å². The zero-order chi connectivity index (χ0) is 20.1. The largest absolute Gasteiger partial charge is 0.433 e. The molecule has 1 N–H and O–H groups in total. The van der Waals surface area contributed by atoms with Crippen LogP contribution in [0.5, 0.6) is 0 Å². The number of imidazole rings is 1. The van der Waals surface area contributed by atoms with Gasteiger partial charge in [0.1, 0.15) is 17.7 Å². The number of hydrogen-bond acceptors (Lipinski definition) is 4. The fourth-order valence-corrected chi connectivity index (χ4v) is 4.18. The summed E-state index contributed by atoms with van der Waals surface area (Å²) in [6.07, 6.45) is -0.212. The smallest absolute Gasteiger partial charge is 0.290 e. The molecule has 1 saturated carbocycles. The Morgan fingerprint density at radius 2 is 2.07 bits per heavy atom. The van der Waals surface area contributed by atoms with Crippen LogP contribution in [0.15, 0.2) is 41.7 Å².